The second-order valence-corrected chi connectivity index (χ2v) is 7.30. The number of aromatic nitrogens is 3. The van der Waals surface area contributed by atoms with Crippen molar-refractivity contribution in [3.05, 3.63) is 64.4 Å². The fourth-order valence-corrected chi connectivity index (χ4v) is 3.39. The summed E-state index contributed by atoms with van der Waals surface area (Å²) in [6, 6.07) is 10.1. The van der Waals surface area contributed by atoms with Gasteiger partial charge in [0.2, 0.25) is 5.91 Å². The zero-order valence-corrected chi connectivity index (χ0v) is 16.2. The average Bonchev–Trinajstić information content (AvgIpc) is 3.09. The van der Waals surface area contributed by atoms with Crippen LogP contribution in [0.3, 0.4) is 0 Å². The topological polar surface area (TPSA) is 59.8 Å². The van der Waals surface area contributed by atoms with Crippen LogP contribution in [-0.2, 0) is 11.0 Å². The molecule has 0 aliphatic carbocycles. The number of thioether (sulfide) groups is 1. The molecule has 1 aromatic heterocycles. The summed E-state index contributed by atoms with van der Waals surface area (Å²) < 4.78 is 41.0. The van der Waals surface area contributed by atoms with Crippen LogP contribution < -0.4 is 5.32 Å². The minimum Gasteiger partial charge on any atom is -0.325 e. The minimum atomic E-state index is -4.65. The average molecular weight is 447 g/mol. The van der Waals surface area contributed by atoms with Crippen LogP contribution in [0.25, 0.3) is 5.69 Å². The van der Waals surface area contributed by atoms with Gasteiger partial charge in [0.25, 0.3) is 0 Å². The van der Waals surface area contributed by atoms with Crippen molar-refractivity contribution >= 4 is 46.6 Å². The van der Waals surface area contributed by atoms with Crippen molar-refractivity contribution in [1.29, 1.82) is 0 Å². The summed E-state index contributed by atoms with van der Waals surface area (Å²) >= 11 is 12.6. The van der Waals surface area contributed by atoms with Crippen molar-refractivity contribution < 1.29 is 18.0 Å². The van der Waals surface area contributed by atoms with Crippen LogP contribution in [0.4, 0.5) is 18.9 Å². The van der Waals surface area contributed by atoms with Crippen molar-refractivity contribution in [1.82, 2.24) is 14.8 Å². The molecule has 0 saturated heterocycles. The Morgan fingerprint density at radius 1 is 1.14 bits per heavy atom. The van der Waals surface area contributed by atoms with E-state index in [0.29, 0.717) is 15.9 Å². The van der Waals surface area contributed by atoms with Gasteiger partial charge in [-0.2, -0.15) is 13.2 Å². The summed E-state index contributed by atoms with van der Waals surface area (Å²) in [7, 11) is 0. The molecule has 0 unspecified atom stereocenters. The molecule has 0 aliphatic rings. The number of hydrogen-bond donors (Lipinski definition) is 1. The van der Waals surface area contributed by atoms with Crippen LogP contribution in [0.5, 0.6) is 0 Å². The predicted octanol–water partition coefficient (Wildman–Crippen LogP) is 5.32. The van der Waals surface area contributed by atoms with E-state index < -0.39 is 17.6 Å². The smallest absolute Gasteiger partial charge is 0.325 e. The van der Waals surface area contributed by atoms with Crippen LogP contribution in [-0.4, -0.2) is 26.4 Å². The summed E-state index contributed by atoms with van der Waals surface area (Å²) in [5, 5.41) is 10.8. The second-order valence-electron chi connectivity index (χ2n) is 5.49. The van der Waals surface area contributed by atoms with E-state index in [1.807, 2.05) is 0 Å². The first-order valence-corrected chi connectivity index (χ1v) is 9.43. The summed E-state index contributed by atoms with van der Waals surface area (Å²) in [5.74, 6) is -0.794. The van der Waals surface area contributed by atoms with Gasteiger partial charge in [-0.1, -0.05) is 41.0 Å². The van der Waals surface area contributed by atoms with Crippen LogP contribution in [0.1, 0.15) is 5.56 Å². The molecular formula is C17H11Cl2F3N4OS. The predicted molar refractivity (Wildman–Crippen MR) is 102 cm³/mol. The molecular weight excluding hydrogens is 436 g/mol. The lowest BCUT2D eigenvalue weighted by Crippen LogP contribution is -2.18. The van der Waals surface area contributed by atoms with Gasteiger partial charge in [0.1, 0.15) is 6.33 Å². The lowest BCUT2D eigenvalue weighted by molar-refractivity contribution is -0.137. The number of alkyl halides is 3. The molecule has 0 saturated carbocycles. The van der Waals surface area contributed by atoms with Crippen molar-refractivity contribution in [3.8, 4) is 5.69 Å². The monoisotopic (exact) mass is 446 g/mol. The van der Waals surface area contributed by atoms with Crippen molar-refractivity contribution in [2.45, 2.75) is 11.3 Å². The first-order chi connectivity index (χ1) is 13.2. The Morgan fingerprint density at radius 2 is 1.89 bits per heavy atom. The highest BCUT2D eigenvalue weighted by atomic mass is 35.5. The highest BCUT2D eigenvalue weighted by molar-refractivity contribution is 7.99. The number of amides is 1. The van der Waals surface area contributed by atoms with Crippen LogP contribution >= 0.6 is 35.0 Å². The zero-order chi connectivity index (χ0) is 20.3. The van der Waals surface area contributed by atoms with Gasteiger partial charge >= 0.3 is 6.18 Å². The minimum absolute atomic E-state index is 0.0747. The van der Waals surface area contributed by atoms with Gasteiger partial charge in [-0.25, -0.2) is 0 Å². The number of anilines is 1. The maximum absolute atomic E-state index is 13.1. The normalized spacial score (nSPS) is 11.5. The Balaban J connectivity index is 1.71. The molecule has 0 fully saturated rings. The van der Waals surface area contributed by atoms with Gasteiger partial charge < -0.3 is 5.32 Å². The standard InChI is InChI=1S/C17H11Cl2F3N4OS/c18-10-2-1-3-12(6-10)26-9-23-25-16(26)28-8-15(27)24-14-5-4-11(19)7-13(14)17(20,21)22/h1-7,9H,8H2,(H,24,27). The van der Waals surface area contributed by atoms with E-state index in [1.165, 1.54) is 12.4 Å². The third kappa shape index (κ3) is 4.98. The van der Waals surface area contributed by atoms with E-state index in [0.717, 1.165) is 23.9 Å². The number of hydrogen-bond acceptors (Lipinski definition) is 4. The number of nitrogens with zero attached hydrogens (tertiary/aromatic N) is 3. The van der Waals surface area contributed by atoms with E-state index in [4.69, 9.17) is 23.2 Å². The van der Waals surface area contributed by atoms with Gasteiger partial charge in [0.15, 0.2) is 5.16 Å². The number of carbonyl (C=O) groups excluding carboxylic acids is 1. The molecule has 0 atom stereocenters. The molecule has 0 radical (unpaired) electrons. The molecule has 1 amide bonds. The zero-order valence-electron chi connectivity index (χ0n) is 13.9. The Labute approximate surface area is 171 Å². The number of carbonyl (C=O) groups is 1. The number of nitrogens with one attached hydrogen (secondary N) is 1. The van der Waals surface area contributed by atoms with Gasteiger partial charge in [0.05, 0.1) is 22.7 Å². The number of halogens is 5. The Bertz CT molecular complexity index is 1010. The van der Waals surface area contributed by atoms with Crippen molar-refractivity contribution in [2.75, 3.05) is 11.1 Å². The fraction of sp³-hybridized carbons (Fsp3) is 0.118. The maximum atomic E-state index is 13.1. The number of rotatable bonds is 5. The first-order valence-electron chi connectivity index (χ1n) is 7.69. The van der Waals surface area contributed by atoms with Crippen molar-refractivity contribution in [3.63, 3.8) is 0 Å². The maximum Gasteiger partial charge on any atom is 0.418 e. The molecule has 3 aromatic rings. The Morgan fingerprint density at radius 3 is 2.61 bits per heavy atom. The van der Waals surface area contributed by atoms with E-state index in [9.17, 15) is 18.0 Å². The largest absolute Gasteiger partial charge is 0.418 e. The third-order valence-corrected chi connectivity index (χ3v) is 4.91. The summed E-state index contributed by atoms with van der Waals surface area (Å²) in [6.45, 7) is 0. The second kappa shape index (κ2) is 8.42. The molecule has 146 valence electrons. The highest BCUT2D eigenvalue weighted by Gasteiger charge is 2.34. The van der Waals surface area contributed by atoms with E-state index in [-0.39, 0.29) is 16.5 Å². The van der Waals surface area contributed by atoms with Crippen LogP contribution in [0.15, 0.2) is 53.9 Å². The summed E-state index contributed by atoms with van der Waals surface area (Å²) in [6.07, 6.45) is -3.19. The molecule has 0 spiro atoms. The Hall–Kier alpha value is -2.23. The van der Waals surface area contributed by atoms with Crippen LogP contribution in [0.2, 0.25) is 10.0 Å². The molecule has 0 bridgehead atoms. The fourth-order valence-electron chi connectivity index (χ4n) is 2.30. The van der Waals surface area contributed by atoms with E-state index in [1.54, 1.807) is 28.8 Å². The quantitative estimate of drug-likeness (QED) is 0.538. The lowest BCUT2D eigenvalue weighted by Gasteiger charge is -2.14. The molecule has 5 nitrogen and oxygen atoms in total. The van der Waals surface area contributed by atoms with Crippen molar-refractivity contribution in [2.24, 2.45) is 0 Å². The van der Waals surface area contributed by atoms with Gasteiger partial charge in [-0.3, -0.25) is 9.36 Å². The highest BCUT2D eigenvalue weighted by Crippen LogP contribution is 2.36. The lowest BCUT2D eigenvalue weighted by atomic mass is 10.1. The third-order valence-electron chi connectivity index (χ3n) is 3.50. The SMILES string of the molecule is O=C(CSc1nncn1-c1cccc(Cl)c1)Nc1ccc(Cl)cc1C(F)(F)F. The molecule has 2 aromatic carbocycles. The van der Waals surface area contributed by atoms with Gasteiger partial charge in [-0.15, -0.1) is 10.2 Å². The first kappa shape index (κ1) is 20.5. The summed E-state index contributed by atoms with van der Waals surface area (Å²) in [5.41, 5.74) is -0.684. The van der Waals surface area contributed by atoms with E-state index in [2.05, 4.69) is 15.5 Å². The molecule has 1 heterocycles. The van der Waals surface area contributed by atoms with E-state index >= 15 is 0 Å². The molecule has 1 N–H and O–H groups in total. The Kier molecular flexibility index (Phi) is 6.17. The summed E-state index contributed by atoms with van der Waals surface area (Å²) in [4.78, 5) is 12.2. The van der Waals surface area contributed by atoms with Crippen LogP contribution in [0, 0.1) is 0 Å². The van der Waals surface area contributed by atoms with Gasteiger partial charge in [-0.05, 0) is 36.4 Å². The molecule has 28 heavy (non-hydrogen) atoms. The molecule has 3 rings (SSSR count). The molecule has 11 heteroatoms. The van der Waals surface area contributed by atoms with Gasteiger partial charge in [0, 0.05) is 10.0 Å². The number of benzene rings is 2. The molecule has 0 aliphatic heterocycles.